The molecule has 1 aromatic heterocycles. The molecule has 28 heavy (non-hydrogen) atoms. The van der Waals surface area contributed by atoms with Crippen LogP contribution in [0.3, 0.4) is 0 Å². The van der Waals surface area contributed by atoms with Crippen LogP contribution in [0.1, 0.15) is 12.5 Å². The Kier molecular flexibility index (Phi) is 5.95. The second-order valence-electron chi connectivity index (χ2n) is 6.32. The number of benzene rings is 2. The number of ether oxygens (including phenoxy) is 2. The van der Waals surface area contributed by atoms with Crippen LogP contribution >= 0.6 is 0 Å². The van der Waals surface area contributed by atoms with Crippen LogP contribution in [-0.4, -0.2) is 46.1 Å². The first kappa shape index (κ1) is 19.4. The van der Waals surface area contributed by atoms with Gasteiger partial charge in [0.1, 0.15) is 17.9 Å². The van der Waals surface area contributed by atoms with Gasteiger partial charge in [-0.15, -0.1) is 5.10 Å². The van der Waals surface area contributed by atoms with E-state index in [1.165, 1.54) is 17.1 Å². The van der Waals surface area contributed by atoms with Gasteiger partial charge in [-0.2, -0.15) is 0 Å². The van der Waals surface area contributed by atoms with Crippen LogP contribution in [0, 0.1) is 12.7 Å². The van der Waals surface area contributed by atoms with Crippen LogP contribution in [0.2, 0.25) is 0 Å². The first-order chi connectivity index (χ1) is 13.5. The van der Waals surface area contributed by atoms with Crippen molar-refractivity contribution in [1.29, 1.82) is 0 Å². The molecule has 3 rings (SSSR count). The van der Waals surface area contributed by atoms with Crippen LogP contribution in [0.5, 0.6) is 5.75 Å². The molecule has 0 saturated carbocycles. The van der Waals surface area contributed by atoms with Crippen molar-refractivity contribution in [1.82, 2.24) is 25.5 Å². The number of carbonyl (C=O) groups is 1. The first-order valence-corrected chi connectivity index (χ1v) is 8.58. The van der Waals surface area contributed by atoms with Gasteiger partial charge in [0.25, 0.3) is 0 Å². The summed E-state index contributed by atoms with van der Waals surface area (Å²) in [6, 6.07) is 9.74. The molecule has 0 bridgehead atoms. The van der Waals surface area contributed by atoms with Crippen molar-refractivity contribution in [2.45, 2.75) is 19.9 Å². The SMILES string of the molecule is COCC(C)NC(=O)Oc1cc(-c2ccc(C)c(F)c2)cc(-n2cnnn2)c1. The van der Waals surface area contributed by atoms with Gasteiger partial charge in [-0.1, -0.05) is 12.1 Å². The maximum Gasteiger partial charge on any atom is 0.412 e. The number of aromatic nitrogens is 4. The highest BCUT2D eigenvalue weighted by Crippen LogP contribution is 2.29. The molecule has 1 N–H and O–H groups in total. The standard InChI is InChI=1S/C19H20FN5O3/c1-12-4-5-14(8-18(12)20)15-6-16(25-11-21-23-24-25)9-17(7-15)28-19(26)22-13(2)10-27-3/h4-9,11,13H,10H2,1-3H3,(H,22,26). The number of halogens is 1. The molecule has 0 saturated heterocycles. The summed E-state index contributed by atoms with van der Waals surface area (Å²) in [5.74, 6) is -0.0509. The fourth-order valence-corrected chi connectivity index (χ4v) is 2.62. The molecule has 3 aromatic rings. The predicted molar refractivity (Wildman–Crippen MR) is 99.8 cm³/mol. The van der Waals surface area contributed by atoms with Gasteiger partial charge in [0, 0.05) is 13.2 Å². The molecular formula is C19H20FN5O3. The van der Waals surface area contributed by atoms with Crippen molar-refractivity contribution < 1.29 is 18.7 Å². The third-order valence-corrected chi connectivity index (χ3v) is 4.00. The minimum absolute atomic E-state index is 0.217. The maximum absolute atomic E-state index is 14.0. The van der Waals surface area contributed by atoms with Crippen molar-refractivity contribution in [3.63, 3.8) is 0 Å². The van der Waals surface area contributed by atoms with Crippen molar-refractivity contribution in [3.8, 4) is 22.6 Å². The Morgan fingerprint density at radius 2 is 2.07 bits per heavy atom. The lowest BCUT2D eigenvalue weighted by Crippen LogP contribution is -2.37. The third kappa shape index (κ3) is 4.68. The quantitative estimate of drug-likeness (QED) is 0.702. The molecule has 1 atom stereocenters. The van der Waals surface area contributed by atoms with Crippen molar-refractivity contribution in [2.75, 3.05) is 13.7 Å². The monoisotopic (exact) mass is 385 g/mol. The lowest BCUT2D eigenvalue weighted by Gasteiger charge is -2.14. The van der Waals surface area contributed by atoms with Gasteiger partial charge in [0.15, 0.2) is 0 Å². The van der Waals surface area contributed by atoms with Crippen molar-refractivity contribution in [3.05, 3.63) is 54.1 Å². The molecule has 1 unspecified atom stereocenters. The molecule has 1 heterocycles. The Labute approximate surface area is 161 Å². The summed E-state index contributed by atoms with van der Waals surface area (Å²) in [4.78, 5) is 12.1. The van der Waals surface area contributed by atoms with Gasteiger partial charge >= 0.3 is 6.09 Å². The number of amides is 1. The molecule has 9 heteroatoms. The molecule has 0 fully saturated rings. The van der Waals surface area contributed by atoms with E-state index in [1.54, 1.807) is 51.3 Å². The Bertz CT molecular complexity index is 962. The van der Waals surface area contributed by atoms with E-state index in [4.69, 9.17) is 9.47 Å². The average molecular weight is 385 g/mol. The van der Waals surface area contributed by atoms with Crippen molar-refractivity contribution >= 4 is 6.09 Å². The van der Waals surface area contributed by atoms with E-state index in [9.17, 15) is 9.18 Å². The van der Waals surface area contributed by atoms with Gasteiger partial charge in [0.05, 0.1) is 18.3 Å². The van der Waals surface area contributed by atoms with E-state index in [0.29, 0.717) is 29.0 Å². The minimum Gasteiger partial charge on any atom is -0.410 e. The number of hydrogen-bond acceptors (Lipinski definition) is 6. The van der Waals surface area contributed by atoms with E-state index >= 15 is 0 Å². The lowest BCUT2D eigenvalue weighted by molar-refractivity contribution is 0.159. The number of rotatable bonds is 6. The van der Waals surface area contributed by atoms with Gasteiger partial charge in [-0.05, 0) is 59.2 Å². The molecule has 0 aliphatic rings. The summed E-state index contributed by atoms with van der Waals surface area (Å²) in [6.45, 7) is 3.84. The number of carbonyl (C=O) groups excluding carboxylic acids is 1. The van der Waals surface area contributed by atoms with E-state index in [-0.39, 0.29) is 17.6 Å². The van der Waals surface area contributed by atoms with Crippen molar-refractivity contribution in [2.24, 2.45) is 0 Å². The summed E-state index contributed by atoms with van der Waals surface area (Å²) in [5.41, 5.74) is 2.40. The van der Waals surface area contributed by atoms with Gasteiger partial charge in [-0.25, -0.2) is 13.9 Å². The highest BCUT2D eigenvalue weighted by molar-refractivity contribution is 5.74. The molecule has 146 valence electrons. The Hall–Kier alpha value is -3.33. The highest BCUT2D eigenvalue weighted by Gasteiger charge is 2.13. The zero-order chi connectivity index (χ0) is 20.1. The molecular weight excluding hydrogens is 365 g/mol. The summed E-state index contributed by atoms with van der Waals surface area (Å²) >= 11 is 0. The predicted octanol–water partition coefficient (Wildman–Crippen LogP) is 2.90. The third-order valence-electron chi connectivity index (χ3n) is 4.00. The first-order valence-electron chi connectivity index (χ1n) is 8.58. The number of nitrogens with one attached hydrogen (secondary N) is 1. The summed E-state index contributed by atoms with van der Waals surface area (Å²) in [6.07, 6.45) is 0.791. The Morgan fingerprint density at radius 1 is 1.25 bits per heavy atom. The second-order valence-corrected chi connectivity index (χ2v) is 6.32. The van der Waals surface area contributed by atoms with Crippen LogP contribution in [0.15, 0.2) is 42.7 Å². The highest BCUT2D eigenvalue weighted by atomic mass is 19.1. The molecule has 0 spiro atoms. The number of nitrogens with zero attached hydrogens (tertiary/aromatic N) is 4. The smallest absolute Gasteiger partial charge is 0.410 e. The Balaban J connectivity index is 1.94. The number of tetrazole rings is 1. The molecule has 0 aliphatic heterocycles. The zero-order valence-corrected chi connectivity index (χ0v) is 15.7. The van der Waals surface area contributed by atoms with Crippen LogP contribution < -0.4 is 10.1 Å². The van der Waals surface area contributed by atoms with E-state index < -0.39 is 6.09 Å². The van der Waals surface area contributed by atoms with Crippen LogP contribution in [0.4, 0.5) is 9.18 Å². The lowest BCUT2D eigenvalue weighted by atomic mass is 10.0. The van der Waals surface area contributed by atoms with Gasteiger partial charge in [-0.3, -0.25) is 0 Å². The summed E-state index contributed by atoms with van der Waals surface area (Å²) in [5, 5.41) is 13.8. The normalized spacial score (nSPS) is 11.9. The Morgan fingerprint density at radius 3 is 2.75 bits per heavy atom. The summed E-state index contributed by atoms with van der Waals surface area (Å²) in [7, 11) is 1.55. The van der Waals surface area contributed by atoms with Gasteiger partial charge in [0.2, 0.25) is 0 Å². The van der Waals surface area contributed by atoms with Crippen LogP contribution in [-0.2, 0) is 4.74 Å². The van der Waals surface area contributed by atoms with E-state index in [1.807, 2.05) is 0 Å². The van der Waals surface area contributed by atoms with Crippen LogP contribution in [0.25, 0.3) is 16.8 Å². The largest absolute Gasteiger partial charge is 0.412 e. The molecule has 0 aliphatic carbocycles. The minimum atomic E-state index is -0.626. The van der Waals surface area contributed by atoms with E-state index in [2.05, 4.69) is 20.8 Å². The van der Waals surface area contributed by atoms with Gasteiger partial charge < -0.3 is 14.8 Å². The van der Waals surface area contributed by atoms with E-state index in [0.717, 1.165) is 0 Å². The molecule has 0 radical (unpaired) electrons. The average Bonchev–Trinajstić information content (AvgIpc) is 3.18. The topological polar surface area (TPSA) is 91.2 Å². The fourth-order valence-electron chi connectivity index (χ4n) is 2.62. The second kappa shape index (κ2) is 8.57. The maximum atomic E-state index is 14.0. The zero-order valence-electron chi connectivity index (χ0n) is 15.7. The summed E-state index contributed by atoms with van der Waals surface area (Å²) < 4.78 is 25.8. The fraction of sp³-hybridized carbons (Fsp3) is 0.263. The molecule has 2 aromatic carbocycles. The number of aryl methyl sites for hydroxylation is 1. The number of hydrogen-bond donors (Lipinski definition) is 1. The molecule has 1 amide bonds. The molecule has 8 nitrogen and oxygen atoms in total. The number of methoxy groups -OCH3 is 1.